The van der Waals surface area contributed by atoms with Crippen molar-refractivity contribution in [1.29, 1.82) is 0 Å². The molecular formula is C24H23ClFN3O3S. The third-order valence-electron chi connectivity index (χ3n) is 5.53. The number of piperazine rings is 1. The van der Waals surface area contributed by atoms with Crippen molar-refractivity contribution < 1.29 is 17.6 Å². The Balaban J connectivity index is 1.41. The van der Waals surface area contributed by atoms with Gasteiger partial charge in [0.1, 0.15) is 5.82 Å². The predicted molar refractivity (Wildman–Crippen MR) is 126 cm³/mol. The molecule has 0 saturated carbocycles. The molecule has 0 spiro atoms. The van der Waals surface area contributed by atoms with Crippen molar-refractivity contribution >= 4 is 33.2 Å². The van der Waals surface area contributed by atoms with E-state index in [1.165, 1.54) is 28.6 Å². The number of halogens is 2. The number of hydrogen-bond donors (Lipinski definition) is 1. The van der Waals surface area contributed by atoms with Crippen LogP contribution in [0.4, 0.5) is 10.1 Å². The highest BCUT2D eigenvalue weighted by atomic mass is 35.5. The van der Waals surface area contributed by atoms with E-state index >= 15 is 0 Å². The summed E-state index contributed by atoms with van der Waals surface area (Å²) in [7, 11) is -3.75. The zero-order chi connectivity index (χ0) is 23.4. The second-order valence-corrected chi connectivity index (χ2v) is 10.1. The van der Waals surface area contributed by atoms with Gasteiger partial charge in [0.15, 0.2) is 0 Å². The molecule has 1 N–H and O–H groups in total. The lowest BCUT2D eigenvalue weighted by Gasteiger charge is -2.35. The molecule has 0 unspecified atom stereocenters. The van der Waals surface area contributed by atoms with E-state index in [9.17, 15) is 17.6 Å². The maximum atomic E-state index is 13.2. The van der Waals surface area contributed by atoms with Crippen LogP contribution in [0.3, 0.4) is 0 Å². The fraction of sp³-hybridized carbons (Fsp3) is 0.208. The summed E-state index contributed by atoms with van der Waals surface area (Å²) in [6, 6.07) is 19.3. The van der Waals surface area contributed by atoms with Crippen molar-refractivity contribution in [2.75, 3.05) is 31.1 Å². The van der Waals surface area contributed by atoms with Crippen molar-refractivity contribution in [2.45, 2.75) is 11.4 Å². The molecule has 1 aliphatic rings. The van der Waals surface area contributed by atoms with E-state index in [0.717, 1.165) is 11.3 Å². The van der Waals surface area contributed by atoms with Crippen LogP contribution in [0.15, 0.2) is 77.7 Å². The van der Waals surface area contributed by atoms with Crippen LogP contribution < -0.4 is 10.2 Å². The highest BCUT2D eigenvalue weighted by Gasteiger charge is 2.29. The van der Waals surface area contributed by atoms with E-state index in [0.29, 0.717) is 37.7 Å². The Hall–Kier alpha value is -2.94. The fourth-order valence-electron chi connectivity index (χ4n) is 3.67. The molecule has 0 radical (unpaired) electrons. The van der Waals surface area contributed by atoms with Crippen LogP contribution in [0.1, 0.15) is 15.9 Å². The maximum absolute atomic E-state index is 13.2. The SMILES string of the molecule is O=C(NCc1ccc(Cl)cc1)c1cccc(S(=O)(=O)N2CCN(c3ccc(F)cc3)CC2)c1. The Labute approximate surface area is 197 Å². The summed E-state index contributed by atoms with van der Waals surface area (Å²) in [5, 5.41) is 3.41. The van der Waals surface area contributed by atoms with Crippen molar-refractivity contribution in [3.63, 3.8) is 0 Å². The van der Waals surface area contributed by atoms with Crippen LogP contribution in [-0.2, 0) is 16.6 Å². The van der Waals surface area contributed by atoms with Gasteiger partial charge in [-0.25, -0.2) is 12.8 Å². The van der Waals surface area contributed by atoms with Crippen LogP contribution in [0.2, 0.25) is 5.02 Å². The molecule has 33 heavy (non-hydrogen) atoms. The number of nitrogens with zero attached hydrogens (tertiary/aromatic N) is 2. The van der Waals surface area contributed by atoms with E-state index in [4.69, 9.17) is 11.6 Å². The van der Waals surface area contributed by atoms with Crippen LogP contribution in [0.5, 0.6) is 0 Å². The van der Waals surface area contributed by atoms with Crippen molar-refractivity contribution in [3.05, 3.63) is 94.8 Å². The summed E-state index contributed by atoms with van der Waals surface area (Å²) in [5.74, 6) is -0.667. The Morgan fingerprint density at radius 2 is 1.61 bits per heavy atom. The van der Waals surface area contributed by atoms with Gasteiger partial charge in [-0.15, -0.1) is 0 Å². The fourth-order valence-corrected chi connectivity index (χ4v) is 5.27. The Morgan fingerprint density at radius 3 is 2.27 bits per heavy atom. The van der Waals surface area contributed by atoms with E-state index in [2.05, 4.69) is 5.32 Å². The number of amides is 1. The molecule has 0 aromatic heterocycles. The molecule has 3 aromatic carbocycles. The number of hydrogen-bond acceptors (Lipinski definition) is 4. The zero-order valence-corrected chi connectivity index (χ0v) is 19.3. The number of carbonyl (C=O) groups excluding carboxylic acids is 1. The highest BCUT2D eigenvalue weighted by molar-refractivity contribution is 7.89. The van der Waals surface area contributed by atoms with Gasteiger partial charge in [-0.3, -0.25) is 4.79 Å². The van der Waals surface area contributed by atoms with Gasteiger partial charge in [-0.1, -0.05) is 29.8 Å². The van der Waals surface area contributed by atoms with Gasteiger partial charge in [0.25, 0.3) is 5.91 Å². The van der Waals surface area contributed by atoms with Gasteiger partial charge in [0.05, 0.1) is 4.90 Å². The van der Waals surface area contributed by atoms with Gasteiger partial charge < -0.3 is 10.2 Å². The number of nitrogens with one attached hydrogen (secondary N) is 1. The summed E-state index contributed by atoms with van der Waals surface area (Å²) in [4.78, 5) is 14.7. The molecule has 0 bridgehead atoms. The Morgan fingerprint density at radius 1 is 0.939 bits per heavy atom. The Kier molecular flexibility index (Phi) is 6.97. The van der Waals surface area contributed by atoms with E-state index in [1.54, 1.807) is 36.4 Å². The lowest BCUT2D eigenvalue weighted by Crippen LogP contribution is -2.48. The molecule has 3 aromatic rings. The smallest absolute Gasteiger partial charge is 0.251 e. The summed E-state index contributed by atoms with van der Waals surface area (Å²) in [6.45, 7) is 1.88. The summed E-state index contributed by atoms with van der Waals surface area (Å²) < 4.78 is 40.9. The second-order valence-electron chi connectivity index (χ2n) is 7.70. The summed E-state index contributed by atoms with van der Waals surface area (Å²) in [5.41, 5.74) is 2.01. The molecule has 6 nitrogen and oxygen atoms in total. The van der Waals surface area contributed by atoms with E-state index in [1.807, 2.05) is 17.0 Å². The molecular weight excluding hydrogens is 465 g/mol. The molecule has 9 heteroatoms. The molecule has 1 amide bonds. The minimum Gasteiger partial charge on any atom is -0.369 e. The Bertz CT molecular complexity index is 1230. The van der Waals surface area contributed by atoms with Crippen molar-refractivity contribution in [3.8, 4) is 0 Å². The lowest BCUT2D eigenvalue weighted by molar-refractivity contribution is 0.0950. The van der Waals surface area contributed by atoms with Gasteiger partial charge in [-0.2, -0.15) is 4.31 Å². The maximum Gasteiger partial charge on any atom is 0.251 e. The molecule has 1 saturated heterocycles. The molecule has 1 aliphatic heterocycles. The van der Waals surface area contributed by atoms with Crippen LogP contribution in [0.25, 0.3) is 0 Å². The van der Waals surface area contributed by atoms with Gasteiger partial charge in [0, 0.05) is 49.0 Å². The molecule has 1 fully saturated rings. The van der Waals surface area contributed by atoms with Gasteiger partial charge >= 0.3 is 0 Å². The first-order chi connectivity index (χ1) is 15.8. The monoisotopic (exact) mass is 487 g/mol. The average molecular weight is 488 g/mol. The number of carbonyl (C=O) groups is 1. The molecule has 4 rings (SSSR count). The minimum atomic E-state index is -3.75. The third-order valence-corrected chi connectivity index (χ3v) is 7.68. The largest absolute Gasteiger partial charge is 0.369 e. The van der Waals surface area contributed by atoms with Gasteiger partial charge in [0.2, 0.25) is 10.0 Å². The van der Waals surface area contributed by atoms with Gasteiger partial charge in [-0.05, 0) is 60.2 Å². The predicted octanol–water partition coefficient (Wildman–Crippen LogP) is 3.92. The molecule has 1 heterocycles. The first-order valence-corrected chi connectivity index (χ1v) is 12.3. The normalized spacial score (nSPS) is 14.8. The van der Waals surface area contributed by atoms with Crippen LogP contribution >= 0.6 is 11.6 Å². The number of rotatable bonds is 6. The standard InChI is InChI=1S/C24H23ClFN3O3S/c25-20-6-4-18(5-7-20)17-27-24(30)19-2-1-3-23(16-19)33(31,32)29-14-12-28(13-15-29)22-10-8-21(26)9-11-22/h1-11,16H,12-15,17H2,(H,27,30). The summed E-state index contributed by atoms with van der Waals surface area (Å²) >= 11 is 5.87. The number of sulfonamides is 1. The molecule has 0 aliphatic carbocycles. The molecule has 0 atom stereocenters. The van der Waals surface area contributed by atoms with Crippen LogP contribution in [-0.4, -0.2) is 44.8 Å². The number of anilines is 1. The van der Waals surface area contributed by atoms with Crippen LogP contribution in [0, 0.1) is 5.82 Å². The summed E-state index contributed by atoms with van der Waals surface area (Å²) in [6.07, 6.45) is 0. The quantitative estimate of drug-likeness (QED) is 0.572. The average Bonchev–Trinajstić information content (AvgIpc) is 2.84. The molecule has 172 valence electrons. The van der Waals surface area contributed by atoms with E-state index < -0.39 is 10.0 Å². The van der Waals surface area contributed by atoms with E-state index in [-0.39, 0.29) is 22.2 Å². The number of benzene rings is 3. The third kappa shape index (κ3) is 5.52. The van der Waals surface area contributed by atoms with Crippen molar-refractivity contribution in [2.24, 2.45) is 0 Å². The first kappa shape index (κ1) is 23.2. The topological polar surface area (TPSA) is 69.7 Å². The van der Waals surface area contributed by atoms with Crippen molar-refractivity contribution in [1.82, 2.24) is 9.62 Å². The highest BCUT2D eigenvalue weighted by Crippen LogP contribution is 2.22. The lowest BCUT2D eigenvalue weighted by atomic mass is 10.2. The second kappa shape index (κ2) is 9.91. The minimum absolute atomic E-state index is 0.0804. The zero-order valence-electron chi connectivity index (χ0n) is 17.7. The first-order valence-electron chi connectivity index (χ1n) is 10.5.